The van der Waals surface area contributed by atoms with Gasteiger partial charge in [0.1, 0.15) is 0 Å². The lowest BCUT2D eigenvalue weighted by atomic mass is 9.88. The molecule has 0 bridgehead atoms. The number of nitro groups is 1. The Morgan fingerprint density at radius 1 is 0.964 bits per heavy atom. The summed E-state index contributed by atoms with van der Waals surface area (Å²) in [5, 5.41) is 14.0. The number of amides is 1. The number of aryl methyl sites for hydroxylation is 1. The number of nitro benzene ring substituents is 1. The van der Waals surface area contributed by atoms with Gasteiger partial charge in [0.05, 0.1) is 4.92 Å². The molecule has 3 rings (SSSR count). The predicted octanol–water partition coefficient (Wildman–Crippen LogP) is 4.86. The highest BCUT2D eigenvalue weighted by Crippen LogP contribution is 2.27. The third-order valence-electron chi connectivity index (χ3n) is 4.79. The largest absolute Gasteiger partial charge is 0.352 e. The molecule has 28 heavy (non-hydrogen) atoms. The summed E-state index contributed by atoms with van der Waals surface area (Å²) >= 11 is 0. The average molecular weight is 374 g/mol. The number of nitrogens with zero attached hydrogens (tertiary/aromatic N) is 1. The van der Waals surface area contributed by atoms with Crippen LogP contribution in [0.5, 0.6) is 0 Å². The summed E-state index contributed by atoms with van der Waals surface area (Å²) < 4.78 is 0. The van der Waals surface area contributed by atoms with E-state index in [1.807, 2.05) is 36.4 Å². The molecule has 1 amide bonds. The molecule has 5 heteroatoms. The van der Waals surface area contributed by atoms with Gasteiger partial charge in [-0.3, -0.25) is 14.9 Å². The lowest BCUT2D eigenvalue weighted by Crippen LogP contribution is -2.26. The SMILES string of the molecule is Cc1ccc(C(=O)NCCC(c2ccccc2)c2ccccc2)cc1[N+](=O)[O-]. The Balaban J connectivity index is 1.70. The van der Waals surface area contributed by atoms with Crippen molar-refractivity contribution >= 4 is 11.6 Å². The van der Waals surface area contributed by atoms with Crippen molar-refractivity contribution in [2.45, 2.75) is 19.3 Å². The van der Waals surface area contributed by atoms with Gasteiger partial charge in [0.2, 0.25) is 0 Å². The third-order valence-corrected chi connectivity index (χ3v) is 4.79. The van der Waals surface area contributed by atoms with Gasteiger partial charge in [-0.15, -0.1) is 0 Å². The molecule has 0 atom stereocenters. The second-order valence-corrected chi connectivity index (χ2v) is 6.68. The van der Waals surface area contributed by atoms with Crippen molar-refractivity contribution in [3.63, 3.8) is 0 Å². The van der Waals surface area contributed by atoms with Crippen LogP contribution in [0, 0.1) is 17.0 Å². The number of carbonyl (C=O) groups excluding carboxylic acids is 1. The maximum Gasteiger partial charge on any atom is 0.273 e. The van der Waals surface area contributed by atoms with E-state index in [4.69, 9.17) is 0 Å². The van der Waals surface area contributed by atoms with Gasteiger partial charge in [0, 0.05) is 29.7 Å². The number of hydrogen-bond acceptors (Lipinski definition) is 3. The molecule has 0 spiro atoms. The Kier molecular flexibility index (Phi) is 6.17. The fourth-order valence-corrected chi connectivity index (χ4v) is 3.28. The van der Waals surface area contributed by atoms with E-state index in [-0.39, 0.29) is 17.5 Å². The second kappa shape index (κ2) is 8.95. The van der Waals surface area contributed by atoms with E-state index < -0.39 is 4.92 Å². The summed E-state index contributed by atoms with van der Waals surface area (Å²) in [7, 11) is 0. The van der Waals surface area contributed by atoms with Gasteiger partial charge in [-0.25, -0.2) is 0 Å². The van der Waals surface area contributed by atoms with Crippen LogP contribution in [0.25, 0.3) is 0 Å². The van der Waals surface area contributed by atoms with Gasteiger partial charge in [-0.1, -0.05) is 66.7 Å². The first-order valence-electron chi connectivity index (χ1n) is 9.19. The Morgan fingerprint density at radius 2 is 1.54 bits per heavy atom. The van der Waals surface area contributed by atoms with Crippen molar-refractivity contribution in [3.8, 4) is 0 Å². The fourth-order valence-electron chi connectivity index (χ4n) is 3.28. The van der Waals surface area contributed by atoms with Gasteiger partial charge in [-0.2, -0.15) is 0 Å². The van der Waals surface area contributed by atoms with Crippen LogP contribution < -0.4 is 5.32 Å². The van der Waals surface area contributed by atoms with E-state index in [0.717, 1.165) is 6.42 Å². The molecule has 0 unspecified atom stereocenters. The molecule has 0 aliphatic heterocycles. The Hall–Kier alpha value is -3.47. The Morgan fingerprint density at radius 3 is 2.07 bits per heavy atom. The second-order valence-electron chi connectivity index (χ2n) is 6.68. The molecule has 0 radical (unpaired) electrons. The summed E-state index contributed by atoms with van der Waals surface area (Å²) in [5.41, 5.74) is 3.17. The average Bonchev–Trinajstić information content (AvgIpc) is 2.72. The summed E-state index contributed by atoms with van der Waals surface area (Å²) in [4.78, 5) is 23.1. The zero-order chi connectivity index (χ0) is 19.9. The van der Waals surface area contributed by atoms with Gasteiger partial charge in [-0.05, 0) is 30.5 Å². The molecular weight excluding hydrogens is 352 g/mol. The van der Waals surface area contributed by atoms with Crippen molar-refractivity contribution in [2.75, 3.05) is 6.54 Å². The molecule has 0 aliphatic rings. The summed E-state index contributed by atoms with van der Waals surface area (Å²) in [6.45, 7) is 2.12. The van der Waals surface area contributed by atoms with Crippen LogP contribution in [0.4, 0.5) is 5.69 Å². The molecule has 0 saturated heterocycles. The normalized spacial score (nSPS) is 10.6. The minimum Gasteiger partial charge on any atom is -0.352 e. The smallest absolute Gasteiger partial charge is 0.273 e. The predicted molar refractivity (Wildman–Crippen MR) is 110 cm³/mol. The lowest BCUT2D eigenvalue weighted by Gasteiger charge is -2.18. The number of nitrogens with one attached hydrogen (secondary N) is 1. The van der Waals surface area contributed by atoms with Crippen molar-refractivity contribution < 1.29 is 9.72 Å². The summed E-state index contributed by atoms with van der Waals surface area (Å²) in [6, 6.07) is 24.9. The van der Waals surface area contributed by atoms with Crippen LogP contribution in [0.1, 0.15) is 39.4 Å². The molecule has 0 aromatic heterocycles. The quantitative estimate of drug-likeness (QED) is 0.474. The highest BCUT2D eigenvalue weighted by molar-refractivity contribution is 5.94. The van der Waals surface area contributed by atoms with E-state index in [9.17, 15) is 14.9 Å². The zero-order valence-electron chi connectivity index (χ0n) is 15.7. The van der Waals surface area contributed by atoms with Crippen LogP contribution >= 0.6 is 0 Å². The molecule has 3 aromatic carbocycles. The molecule has 0 heterocycles. The van der Waals surface area contributed by atoms with Gasteiger partial charge < -0.3 is 5.32 Å². The van der Waals surface area contributed by atoms with Gasteiger partial charge >= 0.3 is 0 Å². The van der Waals surface area contributed by atoms with Crippen LogP contribution in [-0.4, -0.2) is 17.4 Å². The van der Waals surface area contributed by atoms with Crippen LogP contribution in [0.15, 0.2) is 78.9 Å². The van der Waals surface area contributed by atoms with Crippen LogP contribution in [-0.2, 0) is 0 Å². The first-order chi connectivity index (χ1) is 13.6. The summed E-state index contributed by atoms with van der Waals surface area (Å²) in [5.74, 6) is -0.141. The number of hydrogen-bond donors (Lipinski definition) is 1. The number of benzene rings is 3. The first kappa shape index (κ1) is 19.3. The number of carbonyl (C=O) groups is 1. The highest BCUT2D eigenvalue weighted by atomic mass is 16.6. The maximum atomic E-state index is 12.5. The molecular formula is C23H22N2O3. The fraction of sp³-hybridized carbons (Fsp3) is 0.174. The van der Waals surface area contributed by atoms with Gasteiger partial charge in [0.25, 0.3) is 11.6 Å². The molecule has 0 fully saturated rings. The minimum atomic E-state index is -0.465. The number of rotatable bonds is 7. The highest BCUT2D eigenvalue weighted by Gasteiger charge is 2.17. The third kappa shape index (κ3) is 4.62. The monoisotopic (exact) mass is 374 g/mol. The lowest BCUT2D eigenvalue weighted by molar-refractivity contribution is -0.385. The van der Waals surface area contributed by atoms with E-state index in [0.29, 0.717) is 17.7 Å². The van der Waals surface area contributed by atoms with E-state index in [1.165, 1.54) is 17.2 Å². The van der Waals surface area contributed by atoms with Crippen LogP contribution in [0.3, 0.4) is 0 Å². The van der Waals surface area contributed by atoms with E-state index in [1.54, 1.807) is 19.1 Å². The van der Waals surface area contributed by atoms with Crippen LogP contribution in [0.2, 0.25) is 0 Å². The van der Waals surface area contributed by atoms with Crippen molar-refractivity contribution in [1.29, 1.82) is 0 Å². The molecule has 142 valence electrons. The Bertz CT molecular complexity index is 917. The maximum absolute atomic E-state index is 12.5. The van der Waals surface area contributed by atoms with Crippen molar-refractivity contribution in [1.82, 2.24) is 5.32 Å². The Labute approximate surface area is 164 Å². The minimum absolute atomic E-state index is 0.0425. The van der Waals surface area contributed by atoms with Gasteiger partial charge in [0.15, 0.2) is 0 Å². The molecule has 0 aliphatic carbocycles. The first-order valence-corrected chi connectivity index (χ1v) is 9.19. The van der Waals surface area contributed by atoms with Crippen molar-refractivity contribution in [2.24, 2.45) is 0 Å². The zero-order valence-corrected chi connectivity index (χ0v) is 15.7. The standard InChI is InChI=1S/C23H22N2O3/c1-17-12-13-20(16-22(17)25(27)28)23(26)24-15-14-21(18-8-4-2-5-9-18)19-10-6-3-7-11-19/h2-13,16,21H,14-15H2,1H3,(H,24,26). The molecule has 5 nitrogen and oxygen atoms in total. The molecule has 3 aromatic rings. The van der Waals surface area contributed by atoms with Crippen molar-refractivity contribution in [3.05, 3.63) is 111 Å². The van der Waals surface area contributed by atoms with E-state index >= 15 is 0 Å². The summed E-state index contributed by atoms with van der Waals surface area (Å²) in [6.07, 6.45) is 0.730. The topological polar surface area (TPSA) is 72.2 Å². The molecule has 1 N–H and O–H groups in total. The van der Waals surface area contributed by atoms with E-state index in [2.05, 4.69) is 29.6 Å². The molecule has 0 saturated carbocycles.